The van der Waals surface area contributed by atoms with Crippen molar-refractivity contribution in [2.24, 2.45) is 17.8 Å². The minimum atomic E-state index is -0.639. The van der Waals surface area contributed by atoms with Crippen molar-refractivity contribution in [1.29, 1.82) is 0 Å². The lowest BCUT2D eigenvalue weighted by molar-refractivity contribution is -0.147. The standard InChI is InChI=1S/C29H33Cl2N5O2/c1-17(23-9-8-21(30)13-25(23)31)32-27-24-6-2-3-7-26(24)33-29(34-27)36-15-20(16-36)18-5-4-10-35(14-18)22-11-19(12-22)28(37)38/h2-3,6-9,13,17-20,22H,4-5,10-12,14-16H2,1H3,(H,37,38)(H,32,33,34)/t17-,18+,19?,22?/m1/s1. The first-order valence-electron chi connectivity index (χ1n) is 13.6. The normalized spacial score (nSPS) is 25.0. The number of para-hydroxylation sites is 1. The van der Waals surface area contributed by atoms with Crippen molar-refractivity contribution in [2.75, 3.05) is 36.4 Å². The molecular formula is C29H33Cl2N5O2. The van der Waals surface area contributed by atoms with Gasteiger partial charge in [0.05, 0.1) is 17.5 Å². The van der Waals surface area contributed by atoms with Crippen molar-refractivity contribution in [3.8, 4) is 0 Å². The van der Waals surface area contributed by atoms with Gasteiger partial charge in [-0.05, 0) is 80.8 Å². The van der Waals surface area contributed by atoms with Gasteiger partial charge in [0.15, 0.2) is 0 Å². The van der Waals surface area contributed by atoms with E-state index in [9.17, 15) is 9.90 Å². The topological polar surface area (TPSA) is 81.6 Å². The molecule has 2 aromatic carbocycles. The van der Waals surface area contributed by atoms with Crippen molar-refractivity contribution < 1.29 is 9.90 Å². The maximum Gasteiger partial charge on any atom is 0.306 e. The summed E-state index contributed by atoms with van der Waals surface area (Å²) in [5, 5.41) is 15.0. The summed E-state index contributed by atoms with van der Waals surface area (Å²) >= 11 is 12.6. The number of aliphatic carboxylic acids is 1. The molecule has 0 unspecified atom stereocenters. The molecule has 3 fully saturated rings. The van der Waals surface area contributed by atoms with Crippen LogP contribution in [0.2, 0.25) is 10.0 Å². The smallest absolute Gasteiger partial charge is 0.306 e. The lowest BCUT2D eigenvalue weighted by atomic mass is 9.76. The maximum atomic E-state index is 11.2. The van der Waals surface area contributed by atoms with Crippen LogP contribution in [-0.2, 0) is 4.79 Å². The first kappa shape index (κ1) is 25.7. The molecule has 9 heteroatoms. The second-order valence-electron chi connectivity index (χ2n) is 11.1. The Morgan fingerprint density at radius 2 is 1.87 bits per heavy atom. The Hall–Kier alpha value is -2.61. The predicted molar refractivity (Wildman–Crippen MR) is 152 cm³/mol. The number of carbonyl (C=O) groups is 1. The molecule has 0 radical (unpaired) electrons. The van der Waals surface area contributed by atoms with Crippen LogP contribution < -0.4 is 10.2 Å². The molecule has 0 amide bonds. The van der Waals surface area contributed by atoms with Gasteiger partial charge in [0.2, 0.25) is 5.95 Å². The predicted octanol–water partition coefficient (Wildman–Crippen LogP) is 6.12. The molecular weight excluding hydrogens is 521 g/mol. The summed E-state index contributed by atoms with van der Waals surface area (Å²) in [6.45, 7) is 6.16. The van der Waals surface area contributed by atoms with E-state index < -0.39 is 5.97 Å². The lowest BCUT2D eigenvalue weighted by Crippen LogP contribution is -2.56. The lowest BCUT2D eigenvalue weighted by Gasteiger charge is -2.50. The minimum Gasteiger partial charge on any atom is -0.481 e. The molecule has 3 aromatic rings. The number of carboxylic acids is 1. The van der Waals surface area contributed by atoms with Crippen molar-refractivity contribution in [2.45, 2.75) is 44.7 Å². The molecule has 1 saturated carbocycles. The molecule has 3 heterocycles. The van der Waals surface area contributed by atoms with Crippen LogP contribution in [0.3, 0.4) is 0 Å². The average Bonchev–Trinajstić information content (AvgIpc) is 2.82. The Balaban J connectivity index is 1.14. The summed E-state index contributed by atoms with van der Waals surface area (Å²) in [6.07, 6.45) is 4.05. The highest BCUT2D eigenvalue weighted by molar-refractivity contribution is 6.35. The van der Waals surface area contributed by atoms with Gasteiger partial charge in [0.1, 0.15) is 5.82 Å². The highest BCUT2D eigenvalue weighted by Crippen LogP contribution is 2.39. The van der Waals surface area contributed by atoms with Gasteiger partial charge in [-0.3, -0.25) is 4.79 Å². The largest absolute Gasteiger partial charge is 0.481 e. The van der Waals surface area contributed by atoms with Crippen LogP contribution in [0.4, 0.5) is 11.8 Å². The van der Waals surface area contributed by atoms with Crippen LogP contribution in [0.25, 0.3) is 10.9 Å². The van der Waals surface area contributed by atoms with E-state index in [4.69, 9.17) is 33.2 Å². The number of aromatic nitrogens is 2. The zero-order chi connectivity index (χ0) is 26.4. The van der Waals surface area contributed by atoms with E-state index in [0.717, 1.165) is 67.3 Å². The highest BCUT2D eigenvalue weighted by Gasteiger charge is 2.42. The third-order valence-electron chi connectivity index (χ3n) is 8.70. The first-order valence-corrected chi connectivity index (χ1v) is 14.3. The van der Waals surface area contributed by atoms with Gasteiger partial charge in [-0.1, -0.05) is 41.4 Å². The fourth-order valence-electron chi connectivity index (χ4n) is 6.27. The molecule has 38 heavy (non-hydrogen) atoms. The minimum absolute atomic E-state index is 0.0597. The number of fused-ring (bicyclic) bond motifs is 1. The summed E-state index contributed by atoms with van der Waals surface area (Å²) in [6, 6.07) is 14.0. The number of benzene rings is 2. The molecule has 2 aliphatic heterocycles. The highest BCUT2D eigenvalue weighted by atomic mass is 35.5. The second kappa shape index (κ2) is 10.5. The SMILES string of the molecule is C[C@@H](Nc1nc(N2CC([C@H]3CCCN(C4CC(C(=O)O)C4)C3)C2)nc2ccccc12)c1ccc(Cl)cc1Cl. The summed E-state index contributed by atoms with van der Waals surface area (Å²) in [4.78, 5) is 25.9. The Labute approximate surface area is 233 Å². The van der Waals surface area contributed by atoms with E-state index in [2.05, 4.69) is 22.0 Å². The second-order valence-corrected chi connectivity index (χ2v) is 12.0. The van der Waals surface area contributed by atoms with Crippen molar-refractivity contribution in [3.63, 3.8) is 0 Å². The van der Waals surface area contributed by atoms with E-state index in [1.807, 2.05) is 36.4 Å². The maximum absolute atomic E-state index is 11.2. The Bertz CT molecular complexity index is 1340. The van der Waals surface area contributed by atoms with Crippen molar-refractivity contribution in [1.82, 2.24) is 14.9 Å². The Kier molecular flexibility index (Phi) is 7.10. The van der Waals surface area contributed by atoms with Crippen LogP contribution in [0.5, 0.6) is 0 Å². The van der Waals surface area contributed by atoms with Crippen LogP contribution in [-0.4, -0.2) is 58.2 Å². The monoisotopic (exact) mass is 553 g/mol. The number of hydrogen-bond donors (Lipinski definition) is 2. The van der Waals surface area contributed by atoms with Gasteiger partial charge < -0.3 is 20.2 Å². The van der Waals surface area contributed by atoms with E-state index in [-0.39, 0.29) is 12.0 Å². The number of carboxylic acid groups (broad SMARTS) is 1. The van der Waals surface area contributed by atoms with Crippen LogP contribution in [0.15, 0.2) is 42.5 Å². The molecule has 2 saturated heterocycles. The third kappa shape index (κ3) is 5.04. The number of halogens is 2. The number of likely N-dealkylation sites (tertiary alicyclic amines) is 1. The zero-order valence-corrected chi connectivity index (χ0v) is 23.0. The van der Waals surface area contributed by atoms with Gasteiger partial charge in [0, 0.05) is 41.1 Å². The first-order chi connectivity index (χ1) is 18.4. The van der Waals surface area contributed by atoms with E-state index in [1.165, 1.54) is 12.8 Å². The number of anilines is 2. The van der Waals surface area contributed by atoms with E-state index in [0.29, 0.717) is 27.9 Å². The molecule has 6 rings (SSSR count). The molecule has 1 aromatic heterocycles. The summed E-state index contributed by atoms with van der Waals surface area (Å²) < 4.78 is 0. The van der Waals surface area contributed by atoms with Gasteiger partial charge in [-0.2, -0.15) is 4.98 Å². The van der Waals surface area contributed by atoms with Gasteiger partial charge in [-0.25, -0.2) is 4.98 Å². The third-order valence-corrected chi connectivity index (χ3v) is 9.26. The van der Waals surface area contributed by atoms with E-state index >= 15 is 0 Å². The average molecular weight is 555 g/mol. The number of piperidine rings is 1. The molecule has 3 aliphatic rings. The van der Waals surface area contributed by atoms with Crippen LogP contribution in [0.1, 0.15) is 44.2 Å². The molecule has 200 valence electrons. The van der Waals surface area contributed by atoms with Gasteiger partial charge >= 0.3 is 5.97 Å². The van der Waals surface area contributed by atoms with Gasteiger partial charge in [-0.15, -0.1) is 0 Å². The Morgan fingerprint density at radius 3 is 2.63 bits per heavy atom. The molecule has 0 bridgehead atoms. The molecule has 1 aliphatic carbocycles. The zero-order valence-electron chi connectivity index (χ0n) is 21.5. The van der Waals surface area contributed by atoms with Crippen molar-refractivity contribution in [3.05, 3.63) is 58.1 Å². The fourth-order valence-corrected chi connectivity index (χ4v) is 6.84. The van der Waals surface area contributed by atoms with Crippen molar-refractivity contribution >= 4 is 51.8 Å². The molecule has 2 N–H and O–H groups in total. The molecule has 2 atom stereocenters. The fraction of sp³-hybridized carbons (Fsp3) is 0.483. The molecule has 7 nitrogen and oxygen atoms in total. The number of rotatable bonds is 7. The quantitative estimate of drug-likeness (QED) is 0.364. The molecule has 0 spiro atoms. The summed E-state index contributed by atoms with van der Waals surface area (Å²) in [5.41, 5.74) is 1.88. The number of hydrogen-bond acceptors (Lipinski definition) is 6. The van der Waals surface area contributed by atoms with Crippen LogP contribution >= 0.6 is 23.2 Å². The van der Waals surface area contributed by atoms with Crippen LogP contribution in [0, 0.1) is 17.8 Å². The summed E-state index contributed by atoms with van der Waals surface area (Å²) in [5.74, 6) is 2.04. The summed E-state index contributed by atoms with van der Waals surface area (Å²) in [7, 11) is 0. The van der Waals surface area contributed by atoms with E-state index in [1.54, 1.807) is 6.07 Å². The number of nitrogens with one attached hydrogen (secondary N) is 1. The Morgan fingerprint density at radius 1 is 1.08 bits per heavy atom. The van der Waals surface area contributed by atoms with Gasteiger partial charge in [0.25, 0.3) is 0 Å². The number of nitrogens with zero attached hydrogens (tertiary/aromatic N) is 4.